The summed E-state index contributed by atoms with van der Waals surface area (Å²) in [6.07, 6.45) is 6.42. The Morgan fingerprint density at radius 3 is 2.62 bits per heavy atom. The zero-order valence-corrected chi connectivity index (χ0v) is 13.7. The summed E-state index contributed by atoms with van der Waals surface area (Å²) in [7, 11) is 0. The molecule has 0 radical (unpaired) electrons. The van der Waals surface area contributed by atoms with E-state index in [1.807, 2.05) is 37.3 Å². The van der Waals surface area contributed by atoms with Crippen molar-refractivity contribution in [3.8, 4) is 11.4 Å². The molecule has 0 bridgehead atoms. The first-order chi connectivity index (χ1) is 11.8. The maximum absolute atomic E-state index is 12.2. The summed E-state index contributed by atoms with van der Waals surface area (Å²) in [5.74, 6) is 1.24. The van der Waals surface area contributed by atoms with Crippen molar-refractivity contribution in [3.63, 3.8) is 0 Å². The molecule has 0 saturated heterocycles. The third kappa shape index (κ3) is 3.74. The molecule has 0 atom stereocenters. The highest BCUT2D eigenvalue weighted by molar-refractivity contribution is 5.78. The summed E-state index contributed by atoms with van der Waals surface area (Å²) >= 11 is 0. The second-order valence-corrected chi connectivity index (χ2v) is 5.59. The summed E-state index contributed by atoms with van der Waals surface area (Å²) in [6.45, 7) is 1.83. The van der Waals surface area contributed by atoms with Crippen molar-refractivity contribution in [2.75, 3.05) is 0 Å². The molecule has 0 N–H and O–H groups in total. The van der Waals surface area contributed by atoms with Crippen LogP contribution in [0.3, 0.4) is 0 Å². The Hall–Kier alpha value is -2.82. The van der Waals surface area contributed by atoms with Crippen LogP contribution in [0, 0.1) is 0 Å². The maximum atomic E-state index is 12.2. The van der Waals surface area contributed by atoms with E-state index in [1.165, 1.54) is 10.2 Å². The molecule has 1 aromatic carbocycles. The average molecular weight is 320 g/mol. The topological polar surface area (TPSA) is 60.7 Å². The van der Waals surface area contributed by atoms with E-state index < -0.39 is 0 Å². The maximum Gasteiger partial charge on any atom is 0.248 e. The molecule has 5 nitrogen and oxygen atoms in total. The van der Waals surface area contributed by atoms with Gasteiger partial charge < -0.3 is 0 Å². The van der Waals surface area contributed by atoms with Crippen molar-refractivity contribution in [3.05, 3.63) is 66.2 Å². The van der Waals surface area contributed by atoms with E-state index in [4.69, 9.17) is 0 Å². The molecule has 0 spiro atoms. The fourth-order valence-corrected chi connectivity index (χ4v) is 2.57. The molecule has 2 heterocycles. The van der Waals surface area contributed by atoms with Crippen molar-refractivity contribution < 1.29 is 4.79 Å². The standard InChI is InChI=1S/C19H20N4O/c1-2-18(24)23-17(12-6-10-15-8-4-3-5-9-15)21-19(22-23)16-11-7-13-20-14-16/h3-5,7-9,11,13-14H,2,6,10,12H2,1H3. The lowest BCUT2D eigenvalue weighted by Gasteiger charge is -2.03. The van der Waals surface area contributed by atoms with Crippen molar-refractivity contribution >= 4 is 5.91 Å². The van der Waals surface area contributed by atoms with Crippen LogP contribution < -0.4 is 0 Å². The lowest BCUT2D eigenvalue weighted by atomic mass is 10.1. The number of carbonyl (C=O) groups is 1. The van der Waals surface area contributed by atoms with Crippen LogP contribution in [-0.4, -0.2) is 25.7 Å². The summed E-state index contributed by atoms with van der Waals surface area (Å²) in [5, 5.41) is 4.39. The van der Waals surface area contributed by atoms with Gasteiger partial charge in [-0.1, -0.05) is 37.3 Å². The van der Waals surface area contributed by atoms with Crippen LogP contribution in [0.25, 0.3) is 11.4 Å². The van der Waals surface area contributed by atoms with Crippen LogP contribution in [-0.2, 0) is 12.8 Å². The number of carbonyl (C=O) groups excluding carboxylic acids is 1. The third-order valence-electron chi connectivity index (χ3n) is 3.84. The van der Waals surface area contributed by atoms with Gasteiger partial charge in [-0.2, -0.15) is 4.68 Å². The van der Waals surface area contributed by atoms with E-state index in [-0.39, 0.29) is 5.91 Å². The molecule has 0 aliphatic carbocycles. The molecule has 0 fully saturated rings. The van der Waals surface area contributed by atoms with Gasteiger partial charge in [0.15, 0.2) is 5.82 Å². The number of aryl methyl sites for hydroxylation is 2. The Labute approximate surface area is 141 Å². The Morgan fingerprint density at radius 1 is 1.08 bits per heavy atom. The number of rotatable bonds is 6. The molecule has 3 aromatic rings. The van der Waals surface area contributed by atoms with Crippen LogP contribution in [0.1, 0.15) is 35.9 Å². The van der Waals surface area contributed by atoms with Gasteiger partial charge in [0.1, 0.15) is 5.82 Å². The summed E-state index contributed by atoms with van der Waals surface area (Å²) in [5.41, 5.74) is 2.11. The van der Waals surface area contributed by atoms with E-state index >= 15 is 0 Å². The molecule has 2 aromatic heterocycles. The van der Waals surface area contributed by atoms with E-state index in [2.05, 4.69) is 27.2 Å². The monoisotopic (exact) mass is 320 g/mol. The molecule has 0 amide bonds. The number of nitrogens with zero attached hydrogens (tertiary/aromatic N) is 4. The molecule has 5 heteroatoms. The Morgan fingerprint density at radius 2 is 1.92 bits per heavy atom. The smallest absolute Gasteiger partial charge is 0.248 e. The Kier molecular flexibility index (Phi) is 5.11. The number of hydrogen-bond donors (Lipinski definition) is 0. The first-order valence-corrected chi connectivity index (χ1v) is 8.21. The molecule has 0 aliphatic heterocycles. The lowest BCUT2D eigenvalue weighted by Crippen LogP contribution is -2.15. The number of pyridine rings is 1. The van der Waals surface area contributed by atoms with Gasteiger partial charge in [0.05, 0.1) is 0 Å². The number of benzene rings is 1. The highest BCUT2D eigenvalue weighted by Gasteiger charge is 2.15. The van der Waals surface area contributed by atoms with Crippen LogP contribution >= 0.6 is 0 Å². The lowest BCUT2D eigenvalue weighted by molar-refractivity contribution is 0.0889. The second kappa shape index (κ2) is 7.64. The van der Waals surface area contributed by atoms with Gasteiger partial charge in [0.2, 0.25) is 5.91 Å². The summed E-state index contributed by atoms with van der Waals surface area (Å²) < 4.78 is 1.45. The largest absolute Gasteiger partial charge is 0.273 e. The van der Waals surface area contributed by atoms with Crippen molar-refractivity contribution in [1.29, 1.82) is 0 Å². The quantitative estimate of drug-likeness (QED) is 0.696. The van der Waals surface area contributed by atoms with Crippen molar-refractivity contribution in [1.82, 2.24) is 19.7 Å². The first-order valence-electron chi connectivity index (χ1n) is 8.21. The zero-order chi connectivity index (χ0) is 16.8. The normalized spacial score (nSPS) is 10.7. The number of hydrogen-bond acceptors (Lipinski definition) is 4. The van der Waals surface area contributed by atoms with Gasteiger partial charge in [0, 0.05) is 30.8 Å². The SMILES string of the molecule is CCC(=O)n1nc(-c2cccnc2)nc1CCCc1ccccc1. The Bertz CT molecular complexity index is 797. The van der Waals surface area contributed by atoms with E-state index in [0.29, 0.717) is 18.7 Å². The minimum atomic E-state index is -0.0349. The van der Waals surface area contributed by atoms with Crippen LogP contribution in [0.4, 0.5) is 0 Å². The highest BCUT2D eigenvalue weighted by atomic mass is 16.2. The Balaban J connectivity index is 1.78. The van der Waals surface area contributed by atoms with Gasteiger partial charge in [-0.25, -0.2) is 4.98 Å². The van der Waals surface area contributed by atoms with E-state index in [0.717, 1.165) is 24.2 Å². The summed E-state index contributed by atoms with van der Waals surface area (Å²) in [4.78, 5) is 20.8. The van der Waals surface area contributed by atoms with Gasteiger partial charge in [-0.15, -0.1) is 5.10 Å². The molecule has 3 rings (SSSR count). The van der Waals surface area contributed by atoms with Gasteiger partial charge in [0.25, 0.3) is 0 Å². The van der Waals surface area contributed by atoms with E-state index in [1.54, 1.807) is 12.4 Å². The zero-order valence-electron chi connectivity index (χ0n) is 13.7. The molecular formula is C19H20N4O. The van der Waals surface area contributed by atoms with Crippen LogP contribution in [0.5, 0.6) is 0 Å². The van der Waals surface area contributed by atoms with Gasteiger partial charge in [-0.05, 0) is 30.5 Å². The molecule has 0 aliphatic rings. The molecule has 24 heavy (non-hydrogen) atoms. The predicted molar refractivity (Wildman–Crippen MR) is 92.6 cm³/mol. The average Bonchev–Trinajstić information content (AvgIpc) is 3.07. The van der Waals surface area contributed by atoms with Gasteiger partial charge >= 0.3 is 0 Å². The molecule has 0 unspecified atom stereocenters. The second-order valence-electron chi connectivity index (χ2n) is 5.59. The van der Waals surface area contributed by atoms with Gasteiger partial charge in [-0.3, -0.25) is 9.78 Å². The predicted octanol–water partition coefficient (Wildman–Crippen LogP) is 3.57. The van der Waals surface area contributed by atoms with Crippen LogP contribution in [0.2, 0.25) is 0 Å². The number of aromatic nitrogens is 4. The fourth-order valence-electron chi connectivity index (χ4n) is 2.57. The third-order valence-corrected chi connectivity index (χ3v) is 3.84. The minimum absolute atomic E-state index is 0.0349. The highest BCUT2D eigenvalue weighted by Crippen LogP contribution is 2.16. The van der Waals surface area contributed by atoms with Crippen molar-refractivity contribution in [2.24, 2.45) is 0 Å². The summed E-state index contributed by atoms with van der Waals surface area (Å²) in [6, 6.07) is 14.1. The minimum Gasteiger partial charge on any atom is -0.273 e. The molecule has 0 saturated carbocycles. The molecule has 122 valence electrons. The first kappa shape index (κ1) is 16.1. The molecular weight excluding hydrogens is 300 g/mol. The van der Waals surface area contributed by atoms with Crippen LogP contribution in [0.15, 0.2) is 54.9 Å². The van der Waals surface area contributed by atoms with Crippen molar-refractivity contribution in [2.45, 2.75) is 32.6 Å². The van der Waals surface area contributed by atoms with E-state index in [9.17, 15) is 4.79 Å². The fraction of sp³-hybridized carbons (Fsp3) is 0.263.